The van der Waals surface area contributed by atoms with Crippen LogP contribution in [0.2, 0.25) is 5.02 Å². The number of rotatable bonds is 9. The molecule has 0 heterocycles. The predicted octanol–water partition coefficient (Wildman–Crippen LogP) is 4.99. The first-order valence-electron chi connectivity index (χ1n) is 9.47. The molecule has 0 saturated heterocycles. The smallest absolute Gasteiger partial charge is 0.261 e. The summed E-state index contributed by atoms with van der Waals surface area (Å²) in [7, 11) is 1.57. The molecule has 0 bridgehead atoms. The topological polar surface area (TPSA) is 88.7 Å². The number of methoxy groups -OCH3 is 1. The van der Waals surface area contributed by atoms with Gasteiger partial charge < -0.3 is 20.1 Å². The van der Waals surface area contributed by atoms with Gasteiger partial charge in [0.1, 0.15) is 12.4 Å². The number of hydrogen-bond donors (Lipinski definition) is 3. The van der Waals surface area contributed by atoms with Crippen molar-refractivity contribution in [3.8, 4) is 5.75 Å². The number of carbonyl (C=O) groups is 2. The Kier molecular flexibility index (Phi) is 10.2. The molecule has 2 rings (SSSR count). The van der Waals surface area contributed by atoms with Crippen molar-refractivity contribution in [2.75, 3.05) is 31.0 Å². The largest absolute Gasteiger partial charge is 0.490 e. The zero-order chi connectivity index (χ0) is 22.8. The van der Waals surface area contributed by atoms with Crippen molar-refractivity contribution in [2.45, 2.75) is 19.8 Å². The van der Waals surface area contributed by atoms with Gasteiger partial charge in [-0.2, -0.15) is 0 Å². The lowest BCUT2D eigenvalue weighted by molar-refractivity contribution is -0.116. The van der Waals surface area contributed by atoms with E-state index in [9.17, 15) is 9.59 Å². The van der Waals surface area contributed by atoms with E-state index >= 15 is 0 Å². The van der Waals surface area contributed by atoms with Gasteiger partial charge >= 0.3 is 0 Å². The summed E-state index contributed by atoms with van der Waals surface area (Å²) in [5, 5.41) is 8.72. The van der Waals surface area contributed by atoms with Crippen LogP contribution in [0.25, 0.3) is 0 Å². The monoisotopic (exact) mass is 527 g/mol. The lowest BCUT2D eigenvalue weighted by Gasteiger charge is -2.15. The Labute approximate surface area is 200 Å². The van der Waals surface area contributed by atoms with Crippen molar-refractivity contribution < 1.29 is 19.1 Å². The Bertz CT molecular complexity index is 958. The maximum absolute atomic E-state index is 12.8. The minimum Gasteiger partial charge on any atom is -0.490 e. The van der Waals surface area contributed by atoms with Crippen LogP contribution < -0.4 is 20.7 Å². The van der Waals surface area contributed by atoms with Gasteiger partial charge in [0, 0.05) is 23.7 Å². The van der Waals surface area contributed by atoms with Crippen LogP contribution in [-0.2, 0) is 9.53 Å². The average Bonchev–Trinajstić information content (AvgIpc) is 2.71. The molecule has 0 saturated carbocycles. The lowest BCUT2D eigenvalue weighted by atomic mass is 10.2. The average molecular weight is 529 g/mol. The van der Waals surface area contributed by atoms with Crippen LogP contribution in [0, 0.1) is 0 Å². The Balaban J connectivity index is 2.08. The van der Waals surface area contributed by atoms with E-state index in [0.717, 1.165) is 6.42 Å². The number of carbonyl (C=O) groups excluding carboxylic acids is 2. The summed E-state index contributed by atoms with van der Waals surface area (Å²) in [5.74, 6) is -0.142. The minimum absolute atomic E-state index is 0.0479. The van der Waals surface area contributed by atoms with Crippen molar-refractivity contribution in [2.24, 2.45) is 0 Å². The predicted molar refractivity (Wildman–Crippen MR) is 130 cm³/mol. The Morgan fingerprint density at radius 1 is 1.13 bits per heavy atom. The van der Waals surface area contributed by atoms with Gasteiger partial charge in [0.25, 0.3) is 5.91 Å². The van der Waals surface area contributed by atoms with Crippen molar-refractivity contribution in [1.29, 1.82) is 0 Å². The lowest BCUT2D eigenvalue weighted by Crippen LogP contribution is -2.34. The number of nitrogens with one attached hydrogen (secondary N) is 3. The van der Waals surface area contributed by atoms with Crippen LogP contribution >= 0.6 is 39.7 Å². The fourth-order valence-corrected chi connectivity index (χ4v) is 3.24. The third-order valence-corrected chi connectivity index (χ3v) is 4.96. The van der Waals surface area contributed by atoms with Crippen LogP contribution in [0.5, 0.6) is 5.75 Å². The molecule has 10 heteroatoms. The van der Waals surface area contributed by atoms with E-state index in [1.807, 2.05) is 6.92 Å². The van der Waals surface area contributed by atoms with E-state index in [4.69, 9.17) is 33.3 Å². The summed E-state index contributed by atoms with van der Waals surface area (Å²) in [4.78, 5) is 24.6. The molecule has 2 amide bonds. The van der Waals surface area contributed by atoms with E-state index in [2.05, 4.69) is 31.9 Å². The highest BCUT2D eigenvalue weighted by Crippen LogP contribution is 2.26. The molecular weight excluding hydrogens is 506 g/mol. The quantitative estimate of drug-likeness (QED) is 0.314. The van der Waals surface area contributed by atoms with E-state index < -0.39 is 5.91 Å². The first-order chi connectivity index (χ1) is 14.8. The molecule has 0 spiro atoms. The molecular formula is C21H23BrClN3O4S. The Morgan fingerprint density at radius 2 is 1.90 bits per heavy atom. The number of anilines is 2. The molecule has 0 aromatic heterocycles. The van der Waals surface area contributed by atoms with Crippen LogP contribution in [0.1, 0.15) is 30.1 Å². The van der Waals surface area contributed by atoms with Gasteiger partial charge in [0.15, 0.2) is 5.11 Å². The van der Waals surface area contributed by atoms with E-state index in [1.165, 1.54) is 0 Å². The second-order valence-electron chi connectivity index (χ2n) is 6.38. The van der Waals surface area contributed by atoms with Crippen LogP contribution in [0.15, 0.2) is 40.9 Å². The van der Waals surface area contributed by atoms with Gasteiger partial charge in [-0.3, -0.25) is 14.9 Å². The second-order valence-corrected chi connectivity index (χ2v) is 8.11. The Morgan fingerprint density at radius 3 is 2.61 bits per heavy atom. The SMILES string of the molecule is CCCC(=O)Nc1ccc(Cl)c(NC(=S)NC(=O)c2cc(Br)ccc2OCCOC)c1. The van der Waals surface area contributed by atoms with Gasteiger partial charge in [-0.25, -0.2) is 0 Å². The van der Waals surface area contributed by atoms with Crippen LogP contribution in [-0.4, -0.2) is 37.3 Å². The molecule has 0 aliphatic rings. The highest BCUT2D eigenvalue weighted by atomic mass is 79.9. The number of thiocarbonyl (C=S) groups is 1. The molecule has 3 N–H and O–H groups in total. The standard InChI is InChI=1S/C21H23BrClN3O4S/c1-3-4-19(27)24-14-6-7-16(23)17(12-14)25-21(31)26-20(28)15-11-13(22)5-8-18(15)30-10-9-29-2/h5-8,11-12H,3-4,9-10H2,1-2H3,(H,24,27)(H2,25,26,28,31). The van der Waals surface area contributed by atoms with Gasteiger partial charge in [-0.15, -0.1) is 0 Å². The Hall–Kier alpha value is -2.20. The minimum atomic E-state index is -0.449. The summed E-state index contributed by atoms with van der Waals surface area (Å²) in [6, 6.07) is 10.1. The maximum Gasteiger partial charge on any atom is 0.261 e. The summed E-state index contributed by atoms with van der Waals surface area (Å²) in [6.07, 6.45) is 1.16. The number of ether oxygens (including phenoxy) is 2. The first-order valence-corrected chi connectivity index (χ1v) is 11.0. The van der Waals surface area contributed by atoms with Crippen molar-refractivity contribution in [3.05, 3.63) is 51.5 Å². The molecule has 2 aromatic rings. The molecule has 0 radical (unpaired) electrons. The molecule has 166 valence electrons. The fourth-order valence-electron chi connectivity index (χ4n) is 2.51. The van der Waals surface area contributed by atoms with Crippen LogP contribution in [0.4, 0.5) is 11.4 Å². The molecule has 0 fully saturated rings. The number of halogens is 2. The zero-order valence-electron chi connectivity index (χ0n) is 17.1. The number of hydrogen-bond acceptors (Lipinski definition) is 5. The van der Waals surface area contributed by atoms with Crippen molar-refractivity contribution >= 4 is 68.1 Å². The number of benzene rings is 2. The zero-order valence-corrected chi connectivity index (χ0v) is 20.2. The molecule has 0 unspecified atom stereocenters. The van der Waals surface area contributed by atoms with Gasteiger partial charge in [0.2, 0.25) is 5.91 Å². The van der Waals surface area contributed by atoms with E-state index in [1.54, 1.807) is 43.5 Å². The third-order valence-electron chi connectivity index (χ3n) is 3.93. The molecule has 31 heavy (non-hydrogen) atoms. The second kappa shape index (κ2) is 12.6. The molecule has 0 aliphatic heterocycles. The summed E-state index contributed by atoms with van der Waals surface area (Å²) in [6.45, 7) is 2.61. The summed E-state index contributed by atoms with van der Waals surface area (Å²) >= 11 is 14.8. The van der Waals surface area contributed by atoms with Crippen molar-refractivity contribution in [3.63, 3.8) is 0 Å². The van der Waals surface area contributed by atoms with E-state index in [0.29, 0.717) is 51.8 Å². The first kappa shape index (κ1) is 25.1. The maximum atomic E-state index is 12.8. The third kappa shape index (κ3) is 8.10. The van der Waals surface area contributed by atoms with Gasteiger partial charge in [-0.05, 0) is 55.0 Å². The highest BCUT2D eigenvalue weighted by Gasteiger charge is 2.16. The van der Waals surface area contributed by atoms with E-state index in [-0.39, 0.29) is 11.0 Å². The molecule has 7 nitrogen and oxygen atoms in total. The molecule has 2 aromatic carbocycles. The van der Waals surface area contributed by atoms with Crippen LogP contribution in [0.3, 0.4) is 0 Å². The van der Waals surface area contributed by atoms with Crippen molar-refractivity contribution in [1.82, 2.24) is 5.32 Å². The van der Waals surface area contributed by atoms with Gasteiger partial charge in [-0.1, -0.05) is 34.5 Å². The summed E-state index contributed by atoms with van der Waals surface area (Å²) in [5.41, 5.74) is 1.33. The normalized spacial score (nSPS) is 10.3. The van der Waals surface area contributed by atoms with Gasteiger partial charge in [0.05, 0.1) is 22.9 Å². The summed E-state index contributed by atoms with van der Waals surface area (Å²) < 4.78 is 11.3. The fraction of sp³-hybridized carbons (Fsp3) is 0.286. The highest BCUT2D eigenvalue weighted by molar-refractivity contribution is 9.10. The molecule has 0 atom stereocenters. The molecule has 0 aliphatic carbocycles. The number of amides is 2.